The fourth-order valence-electron chi connectivity index (χ4n) is 1.05. The third kappa shape index (κ3) is 5.84. The molecule has 1 nitrogen and oxygen atoms in total. The van der Waals surface area contributed by atoms with E-state index in [1.54, 1.807) is 0 Å². The van der Waals surface area contributed by atoms with E-state index in [0.717, 1.165) is 31.1 Å². The average Bonchev–Trinajstić information content (AvgIpc) is 2.03. The van der Waals surface area contributed by atoms with Crippen molar-refractivity contribution < 1.29 is 4.79 Å². The first-order chi connectivity index (χ1) is 5.35. The molecule has 0 aromatic carbocycles. The molecule has 0 N–H and O–H groups in total. The van der Waals surface area contributed by atoms with Gasteiger partial charge in [-0.05, 0) is 24.8 Å². The van der Waals surface area contributed by atoms with Crippen LogP contribution in [0.25, 0.3) is 0 Å². The molecule has 0 aliphatic carbocycles. The Labute approximate surface area is 69.5 Å². The summed E-state index contributed by atoms with van der Waals surface area (Å²) in [4.78, 5) is 10.4. The minimum Gasteiger partial charge on any atom is -0.298 e. The lowest BCUT2D eigenvalue weighted by atomic mass is 10.1. The summed E-state index contributed by atoms with van der Waals surface area (Å²) >= 11 is 0. The van der Waals surface area contributed by atoms with Crippen LogP contribution in [-0.2, 0) is 4.79 Å². The Morgan fingerprint density at radius 1 is 1.27 bits per heavy atom. The van der Waals surface area contributed by atoms with E-state index < -0.39 is 0 Å². The normalized spacial score (nSPS) is 11.6. The third-order valence-corrected chi connectivity index (χ3v) is 1.69. The van der Waals surface area contributed by atoms with Crippen molar-refractivity contribution in [1.82, 2.24) is 0 Å². The van der Waals surface area contributed by atoms with Crippen molar-refractivity contribution in [2.45, 2.75) is 46.0 Å². The first kappa shape index (κ1) is 10.4. The highest BCUT2D eigenvalue weighted by atomic mass is 16.1. The molecular formula is C10H18O. The predicted molar refractivity (Wildman–Crippen MR) is 48.6 cm³/mol. The lowest BCUT2D eigenvalue weighted by Crippen LogP contribution is -1.85. The van der Waals surface area contributed by atoms with Gasteiger partial charge < -0.3 is 0 Å². The number of hydrogen-bond acceptors (Lipinski definition) is 1. The molecule has 64 valence electrons. The summed E-state index contributed by atoms with van der Waals surface area (Å²) in [5.41, 5.74) is 0.973. The Bertz CT molecular complexity index is 125. The molecule has 0 aromatic rings. The van der Waals surface area contributed by atoms with Gasteiger partial charge in [-0.3, -0.25) is 4.79 Å². The Kier molecular flexibility index (Phi) is 7.11. The molecule has 0 aromatic heterocycles. The molecule has 0 saturated carbocycles. The van der Waals surface area contributed by atoms with Gasteiger partial charge in [0, 0.05) is 0 Å². The molecule has 0 heterocycles. The second kappa shape index (κ2) is 7.52. The Hall–Kier alpha value is -0.590. The Morgan fingerprint density at radius 2 is 2.00 bits per heavy atom. The maximum Gasteiger partial charge on any atom is 0.145 e. The van der Waals surface area contributed by atoms with Gasteiger partial charge in [-0.2, -0.15) is 0 Å². The molecular weight excluding hydrogens is 136 g/mol. The number of allylic oxidation sites excluding steroid dienone is 2. The van der Waals surface area contributed by atoms with E-state index in [0.29, 0.717) is 0 Å². The fourth-order valence-corrected chi connectivity index (χ4v) is 1.05. The van der Waals surface area contributed by atoms with Crippen LogP contribution in [0, 0.1) is 0 Å². The molecule has 0 spiro atoms. The average molecular weight is 154 g/mol. The van der Waals surface area contributed by atoms with Gasteiger partial charge in [0.15, 0.2) is 0 Å². The van der Waals surface area contributed by atoms with E-state index in [-0.39, 0.29) is 0 Å². The molecule has 0 aliphatic heterocycles. The van der Waals surface area contributed by atoms with Crippen LogP contribution in [0.5, 0.6) is 0 Å². The van der Waals surface area contributed by atoms with Crippen molar-refractivity contribution in [2.75, 3.05) is 0 Å². The molecule has 0 atom stereocenters. The molecule has 0 saturated heterocycles. The van der Waals surface area contributed by atoms with Crippen LogP contribution in [0.4, 0.5) is 0 Å². The minimum atomic E-state index is 0.963. The standard InChI is InChI=1S/C10H18O/c1-3-5-6-8-10(9-11)7-4-2/h7,9H,3-6,8H2,1-2H3/b10-7+. The van der Waals surface area contributed by atoms with Crippen LogP contribution in [0.2, 0.25) is 0 Å². The maximum atomic E-state index is 10.4. The lowest BCUT2D eigenvalue weighted by Gasteiger charge is -1.97. The number of unbranched alkanes of at least 4 members (excludes halogenated alkanes) is 2. The first-order valence-corrected chi connectivity index (χ1v) is 4.49. The summed E-state index contributed by atoms with van der Waals surface area (Å²) in [5, 5.41) is 0. The Morgan fingerprint density at radius 3 is 2.45 bits per heavy atom. The van der Waals surface area contributed by atoms with E-state index in [1.165, 1.54) is 12.8 Å². The largest absolute Gasteiger partial charge is 0.298 e. The van der Waals surface area contributed by atoms with Crippen LogP contribution >= 0.6 is 0 Å². The topological polar surface area (TPSA) is 17.1 Å². The van der Waals surface area contributed by atoms with E-state index in [9.17, 15) is 4.79 Å². The smallest absolute Gasteiger partial charge is 0.145 e. The lowest BCUT2D eigenvalue weighted by molar-refractivity contribution is -0.105. The first-order valence-electron chi connectivity index (χ1n) is 4.49. The zero-order valence-corrected chi connectivity index (χ0v) is 7.60. The summed E-state index contributed by atoms with van der Waals surface area (Å²) < 4.78 is 0. The molecule has 0 unspecified atom stereocenters. The molecule has 0 bridgehead atoms. The van der Waals surface area contributed by atoms with Crippen LogP contribution in [-0.4, -0.2) is 6.29 Å². The van der Waals surface area contributed by atoms with Crippen LogP contribution in [0.3, 0.4) is 0 Å². The van der Waals surface area contributed by atoms with Gasteiger partial charge in [0.05, 0.1) is 0 Å². The van der Waals surface area contributed by atoms with Gasteiger partial charge in [-0.25, -0.2) is 0 Å². The number of carbonyl (C=O) groups excluding carboxylic acids is 1. The van der Waals surface area contributed by atoms with E-state index >= 15 is 0 Å². The molecule has 0 fully saturated rings. The highest BCUT2D eigenvalue weighted by Crippen LogP contribution is 2.07. The molecule has 11 heavy (non-hydrogen) atoms. The maximum absolute atomic E-state index is 10.4. The number of hydrogen-bond donors (Lipinski definition) is 0. The summed E-state index contributed by atoms with van der Waals surface area (Å²) in [6.07, 6.45) is 8.54. The van der Waals surface area contributed by atoms with Crippen molar-refractivity contribution in [3.05, 3.63) is 11.6 Å². The Balaban J connectivity index is 3.52. The zero-order valence-electron chi connectivity index (χ0n) is 7.60. The quantitative estimate of drug-likeness (QED) is 0.326. The molecule has 0 radical (unpaired) electrons. The van der Waals surface area contributed by atoms with Crippen molar-refractivity contribution >= 4 is 6.29 Å². The fraction of sp³-hybridized carbons (Fsp3) is 0.700. The van der Waals surface area contributed by atoms with Gasteiger partial charge >= 0.3 is 0 Å². The molecule has 0 rings (SSSR count). The van der Waals surface area contributed by atoms with Gasteiger partial charge in [-0.1, -0.05) is 32.8 Å². The van der Waals surface area contributed by atoms with Gasteiger partial charge in [0.1, 0.15) is 6.29 Å². The van der Waals surface area contributed by atoms with E-state index in [1.807, 2.05) is 6.08 Å². The number of rotatable bonds is 6. The van der Waals surface area contributed by atoms with Crippen molar-refractivity contribution in [1.29, 1.82) is 0 Å². The molecule has 0 aliphatic rings. The van der Waals surface area contributed by atoms with Crippen molar-refractivity contribution in [2.24, 2.45) is 0 Å². The van der Waals surface area contributed by atoms with Crippen LogP contribution < -0.4 is 0 Å². The second-order valence-electron chi connectivity index (χ2n) is 2.76. The number of carbonyl (C=O) groups is 1. The third-order valence-electron chi connectivity index (χ3n) is 1.69. The predicted octanol–water partition coefficient (Wildman–Crippen LogP) is 3.10. The summed E-state index contributed by atoms with van der Waals surface area (Å²) in [5.74, 6) is 0. The van der Waals surface area contributed by atoms with Crippen molar-refractivity contribution in [3.8, 4) is 0 Å². The summed E-state index contributed by atoms with van der Waals surface area (Å²) in [7, 11) is 0. The minimum absolute atomic E-state index is 0.963. The summed E-state index contributed by atoms with van der Waals surface area (Å²) in [6.45, 7) is 4.23. The van der Waals surface area contributed by atoms with Gasteiger partial charge in [-0.15, -0.1) is 0 Å². The highest BCUT2D eigenvalue weighted by Gasteiger charge is 1.92. The van der Waals surface area contributed by atoms with E-state index in [4.69, 9.17) is 0 Å². The molecule has 1 heteroatoms. The van der Waals surface area contributed by atoms with Crippen LogP contribution in [0.1, 0.15) is 46.0 Å². The molecule has 0 amide bonds. The van der Waals surface area contributed by atoms with Crippen molar-refractivity contribution in [3.63, 3.8) is 0 Å². The van der Waals surface area contributed by atoms with Gasteiger partial charge in [0.25, 0.3) is 0 Å². The van der Waals surface area contributed by atoms with E-state index in [2.05, 4.69) is 13.8 Å². The zero-order chi connectivity index (χ0) is 8.53. The SMILES string of the molecule is CC/C=C(/C=O)CCCCC. The number of aldehydes is 1. The monoisotopic (exact) mass is 154 g/mol. The second-order valence-corrected chi connectivity index (χ2v) is 2.76. The van der Waals surface area contributed by atoms with Gasteiger partial charge in [0.2, 0.25) is 0 Å². The highest BCUT2D eigenvalue weighted by molar-refractivity contribution is 5.72. The van der Waals surface area contributed by atoms with Crippen LogP contribution in [0.15, 0.2) is 11.6 Å². The summed E-state index contributed by atoms with van der Waals surface area (Å²) in [6, 6.07) is 0.